The molecule has 248 valence electrons. The van der Waals surface area contributed by atoms with E-state index in [0.29, 0.717) is 44.3 Å². The maximum atomic E-state index is 13.4. The van der Waals surface area contributed by atoms with E-state index in [4.69, 9.17) is 14.5 Å². The van der Waals surface area contributed by atoms with Gasteiger partial charge in [-0.1, -0.05) is 6.92 Å². The molecule has 3 saturated heterocycles. The summed E-state index contributed by atoms with van der Waals surface area (Å²) in [5.41, 5.74) is 5.25. The number of anilines is 5. The zero-order valence-corrected chi connectivity index (χ0v) is 29.9. The summed E-state index contributed by atoms with van der Waals surface area (Å²) in [6, 6.07) is 8.70. The molecule has 5 heterocycles. The number of aryl methyl sites for hydroxylation is 1. The lowest BCUT2D eigenvalue weighted by molar-refractivity contribution is 0.130. The van der Waals surface area contributed by atoms with E-state index in [1.807, 2.05) is 12.1 Å². The topological polar surface area (TPSA) is 118 Å². The number of aromatic nitrogens is 4. The minimum absolute atomic E-state index is 0.406. The highest BCUT2D eigenvalue weighted by Gasteiger charge is 2.40. The van der Waals surface area contributed by atoms with Crippen LogP contribution in [-0.4, -0.2) is 90.7 Å². The second kappa shape index (κ2) is 13.3. The first-order valence-corrected chi connectivity index (χ1v) is 19.7. The number of benzene rings is 2. The van der Waals surface area contributed by atoms with Gasteiger partial charge in [0.15, 0.2) is 0 Å². The Hall–Kier alpha value is -3.31. The highest BCUT2D eigenvalue weighted by molar-refractivity contribution is 9.10. The van der Waals surface area contributed by atoms with Crippen molar-refractivity contribution in [1.29, 1.82) is 0 Å². The molecule has 0 unspecified atom stereocenters. The number of hydrogen-bond acceptors (Lipinski definition) is 11. The molecule has 2 N–H and O–H groups in total. The van der Waals surface area contributed by atoms with Gasteiger partial charge in [0.2, 0.25) is 5.95 Å². The zero-order valence-electron chi connectivity index (χ0n) is 27.4. The number of fused-ring (bicyclic) bond motifs is 2. The lowest BCUT2D eigenvalue weighted by atomic mass is 10.00. The molecule has 0 amide bonds. The third-order valence-electron chi connectivity index (χ3n) is 9.77. The largest absolute Gasteiger partial charge is 0.494 e. The van der Waals surface area contributed by atoms with Crippen molar-refractivity contribution in [3.8, 4) is 5.75 Å². The maximum absolute atomic E-state index is 13.4. The molecule has 4 aromatic rings. The number of rotatable bonds is 9. The smallest absolute Gasteiger partial charge is 0.229 e. The Morgan fingerprint density at radius 1 is 1.02 bits per heavy atom. The first-order chi connectivity index (χ1) is 22.7. The lowest BCUT2D eigenvalue weighted by Gasteiger charge is -2.39. The monoisotopic (exact) mass is 720 g/mol. The highest BCUT2D eigenvalue weighted by atomic mass is 79.9. The molecule has 3 fully saturated rings. The van der Waals surface area contributed by atoms with Crippen LogP contribution in [-0.2, 0) is 15.7 Å². The van der Waals surface area contributed by atoms with Crippen LogP contribution < -0.4 is 25.6 Å². The van der Waals surface area contributed by atoms with Gasteiger partial charge < -0.3 is 29.6 Å². The highest BCUT2D eigenvalue weighted by Crippen LogP contribution is 2.42. The SMILES string of the molecule is CCc1cc(Nc2ncc(Br)c(Nc3ccc4nccnc4c3P(C)(C)=O)n2)c(OC)cc1N1CCC(N2C[C@H]3COC[C@H]3C2)CC1. The molecule has 3 aliphatic heterocycles. The fourth-order valence-electron chi connectivity index (χ4n) is 7.38. The van der Waals surface area contributed by atoms with Crippen LogP contribution in [0, 0.1) is 11.8 Å². The Bertz CT molecular complexity index is 1820. The Morgan fingerprint density at radius 2 is 1.77 bits per heavy atom. The van der Waals surface area contributed by atoms with Crippen LogP contribution >= 0.6 is 23.1 Å². The normalized spacial score (nSPS) is 20.5. The number of hydrogen-bond donors (Lipinski definition) is 2. The standard InChI is InChI=1S/C34H42BrN8O3P/c1-5-21-14-28(30(45-2)15-29(21)42-12-8-24(9-13-42)43-17-22-19-46-20-23(22)18-43)40-34-38-16-25(35)33(41-34)39-27-7-6-26-31(37-11-10-36-26)32(27)47(3,4)44/h6-7,10-11,14-16,22-24H,5,8-9,12-13,17-20H2,1-4H3,(H2,38,39,40,41)/t22-,23+. The minimum Gasteiger partial charge on any atom is -0.494 e. The summed E-state index contributed by atoms with van der Waals surface area (Å²) >= 11 is 3.59. The van der Waals surface area contributed by atoms with Gasteiger partial charge in [-0.2, -0.15) is 4.98 Å². The van der Waals surface area contributed by atoms with Gasteiger partial charge >= 0.3 is 0 Å². The predicted octanol–water partition coefficient (Wildman–Crippen LogP) is 6.04. The van der Waals surface area contributed by atoms with E-state index in [-0.39, 0.29) is 0 Å². The van der Waals surface area contributed by atoms with E-state index in [2.05, 4.69) is 70.4 Å². The van der Waals surface area contributed by atoms with Crippen molar-refractivity contribution in [2.75, 3.05) is 75.4 Å². The molecular formula is C34H42BrN8O3P. The van der Waals surface area contributed by atoms with Gasteiger partial charge in [0.05, 0.1) is 47.0 Å². The number of piperidine rings is 1. The second-order valence-corrected chi connectivity index (χ2v) is 17.1. The first kappa shape index (κ1) is 32.2. The van der Waals surface area contributed by atoms with E-state index < -0.39 is 7.14 Å². The molecule has 3 aliphatic rings. The van der Waals surface area contributed by atoms with E-state index >= 15 is 0 Å². The molecule has 7 rings (SSSR count). The average Bonchev–Trinajstić information content (AvgIpc) is 3.69. The number of nitrogens with one attached hydrogen (secondary N) is 2. The summed E-state index contributed by atoms with van der Waals surface area (Å²) in [6.45, 7) is 12.0. The van der Waals surface area contributed by atoms with Gasteiger partial charge in [0, 0.05) is 74.4 Å². The van der Waals surface area contributed by atoms with E-state index in [9.17, 15) is 4.57 Å². The second-order valence-electron chi connectivity index (χ2n) is 13.1. The molecule has 0 radical (unpaired) electrons. The summed E-state index contributed by atoms with van der Waals surface area (Å²) in [6.07, 6.45) is 8.18. The van der Waals surface area contributed by atoms with E-state index in [1.165, 1.54) is 37.2 Å². The summed E-state index contributed by atoms with van der Waals surface area (Å²) in [5.74, 6) is 3.12. The van der Waals surface area contributed by atoms with Crippen LogP contribution in [0.4, 0.5) is 28.8 Å². The van der Waals surface area contributed by atoms with Crippen molar-refractivity contribution in [3.05, 3.63) is 52.9 Å². The van der Waals surface area contributed by atoms with Gasteiger partial charge in [-0.05, 0) is 72.3 Å². The fraction of sp³-hybridized carbons (Fsp3) is 0.471. The molecule has 2 atom stereocenters. The number of ether oxygens (including phenoxy) is 2. The Kier molecular flexibility index (Phi) is 9.13. The summed E-state index contributed by atoms with van der Waals surface area (Å²) < 4.78 is 25.7. The van der Waals surface area contributed by atoms with Gasteiger partial charge in [-0.3, -0.25) is 14.9 Å². The molecule has 11 nitrogen and oxygen atoms in total. The molecule has 0 spiro atoms. The van der Waals surface area contributed by atoms with Crippen LogP contribution in [0.5, 0.6) is 5.75 Å². The molecule has 0 bridgehead atoms. The average molecular weight is 722 g/mol. The Morgan fingerprint density at radius 3 is 2.47 bits per heavy atom. The summed E-state index contributed by atoms with van der Waals surface area (Å²) in [7, 11) is -1.04. The molecule has 0 saturated carbocycles. The third kappa shape index (κ3) is 6.57. The van der Waals surface area contributed by atoms with Gasteiger partial charge in [0.1, 0.15) is 24.2 Å². The van der Waals surface area contributed by atoms with Crippen LogP contribution in [0.25, 0.3) is 11.0 Å². The summed E-state index contributed by atoms with van der Waals surface area (Å²) in [5, 5.41) is 7.41. The van der Waals surface area contributed by atoms with E-state index in [0.717, 1.165) is 56.0 Å². The van der Waals surface area contributed by atoms with Crippen molar-refractivity contribution in [3.63, 3.8) is 0 Å². The maximum Gasteiger partial charge on any atom is 0.229 e. The quantitative estimate of drug-likeness (QED) is 0.197. The molecule has 2 aromatic heterocycles. The van der Waals surface area contributed by atoms with Crippen LogP contribution in [0.1, 0.15) is 25.3 Å². The first-order valence-electron chi connectivity index (χ1n) is 16.3. The molecule has 47 heavy (non-hydrogen) atoms. The summed E-state index contributed by atoms with van der Waals surface area (Å²) in [4.78, 5) is 23.5. The van der Waals surface area contributed by atoms with Gasteiger partial charge in [0.25, 0.3) is 0 Å². The molecule has 0 aliphatic carbocycles. The number of likely N-dealkylation sites (tertiary alicyclic amines) is 1. The Labute approximate surface area is 284 Å². The van der Waals surface area contributed by atoms with Crippen molar-refractivity contribution in [1.82, 2.24) is 24.8 Å². The van der Waals surface area contributed by atoms with Crippen molar-refractivity contribution in [2.45, 2.75) is 32.2 Å². The zero-order chi connectivity index (χ0) is 32.7. The number of nitrogens with zero attached hydrogens (tertiary/aromatic N) is 6. The Balaban J connectivity index is 1.10. The molecular weight excluding hydrogens is 679 g/mol. The van der Waals surface area contributed by atoms with Crippen molar-refractivity contribution in [2.24, 2.45) is 11.8 Å². The predicted molar refractivity (Wildman–Crippen MR) is 192 cm³/mol. The van der Waals surface area contributed by atoms with Gasteiger partial charge in [-0.25, -0.2) is 4.98 Å². The van der Waals surface area contributed by atoms with Crippen LogP contribution in [0.3, 0.4) is 0 Å². The van der Waals surface area contributed by atoms with Crippen LogP contribution in [0.2, 0.25) is 0 Å². The molecule has 13 heteroatoms. The lowest BCUT2D eigenvalue weighted by Crippen LogP contribution is -2.44. The van der Waals surface area contributed by atoms with Crippen LogP contribution in [0.15, 0.2) is 47.3 Å². The number of halogens is 1. The third-order valence-corrected chi connectivity index (χ3v) is 11.9. The van der Waals surface area contributed by atoms with Crippen molar-refractivity contribution >= 4 is 68.2 Å². The fourth-order valence-corrected chi connectivity index (χ4v) is 9.07. The molecule has 2 aromatic carbocycles. The van der Waals surface area contributed by atoms with E-state index in [1.54, 1.807) is 39.0 Å². The van der Waals surface area contributed by atoms with Crippen molar-refractivity contribution < 1.29 is 14.0 Å². The minimum atomic E-state index is -2.74. The van der Waals surface area contributed by atoms with Gasteiger partial charge in [-0.15, -0.1) is 0 Å². The number of methoxy groups -OCH3 is 1.